The number of carbonyl (C=O) groups is 2. The summed E-state index contributed by atoms with van der Waals surface area (Å²) in [4.78, 5) is 21.2. The Balaban J connectivity index is 5.03. The Morgan fingerprint density at radius 3 is 1.92 bits per heavy atom. The highest BCUT2D eigenvalue weighted by Gasteiger charge is 2.74. The van der Waals surface area contributed by atoms with Gasteiger partial charge >= 0.3 is 29.9 Å². The quantitative estimate of drug-likeness (QED) is 0.243. The van der Waals surface area contributed by atoms with Crippen LogP contribution < -0.4 is 0 Å². The van der Waals surface area contributed by atoms with Gasteiger partial charge < -0.3 is 9.84 Å². The molecule has 0 aliphatic heterocycles. The zero-order chi connectivity index (χ0) is 19.7. The van der Waals surface area contributed by atoms with E-state index in [1.54, 1.807) is 0 Å². The first-order valence-corrected chi connectivity index (χ1v) is 7.65. The van der Waals surface area contributed by atoms with Crippen LogP contribution in [-0.2, 0) is 14.3 Å². The van der Waals surface area contributed by atoms with Crippen LogP contribution in [0.15, 0.2) is 12.2 Å². The molecule has 0 spiro atoms. The minimum Gasteiger partial charge on any atom is -0.478 e. The number of carboxylic acids is 1. The normalized spacial score (nSPS) is 15.2. The summed E-state index contributed by atoms with van der Waals surface area (Å²) in [6, 6.07) is 0. The summed E-state index contributed by atoms with van der Waals surface area (Å²) in [5.74, 6) is -14.5. The van der Waals surface area contributed by atoms with Crippen molar-refractivity contribution >= 4 is 11.9 Å². The topological polar surface area (TPSA) is 63.6 Å². The van der Waals surface area contributed by atoms with Crippen LogP contribution in [0.25, 0.3) is 0 Å². The van der Waals surface area contributed by atoms with Crippen LogP contribution in [0.5, 0.6) is 0 Å². The predicted molar refractivity (Wildman–Crippen MR) is 75.7 cm³/mol. The van der Waals surface area contributed by atoms with E-state index in [1.165, 1.54) is 0 Å². The van der Waals surface area contributed by atoms with Crippen molar-refractivity contribution in [2.24, 2.45) is 0 Å². The van der Waals surface area contributed by atoms with Gasteiger partial charge in [0.1, 0.15) is 0 Å². The Hall–Kier alpha value is -1.74. The van der Waals surface area contributed by atoms with Crippen molar-refractivity contribution in [1.82, 2.24) is 0 Å². The highest BCUT2D eigenvalue weighted by Crippen LogP contribution is 2.48. The Bertz CT molecular complexity index is 475. The number of ether oxygens (including phenoxy) is 1. The molecule has 0 saturated heterocycles. The Kier molecular flexibility index (Phi) is 8.99. The van der Waals surface area contributed by atoms with Crippen molar-refractivity contribution in [2.45, 2.75) is 69.8 Å². The molecule has 146 valence electrons. The number of hydrogen-bond donors (Lipinski definition) is 1. The molecule has 0 aliphatic rings. The molecule has 10 heteroatoms. The summed E-state index contributed by atoms with van der Waals surface area (Å²) in [7, 11) is 0. The van der Waals surface area contributed by atoms with Gasteiger partial charge in [0.15, 0.2) is 0 Å². The van der Waals surface area contributed by atoms with E-state index in [2.05, 4.69) is 4.74 Å². The van der Waals surface area contributed by atoms with Gasteiger partial charge in [-0.25, -0.2) is 9.59 Å². The first kappa shape index (κ1) is 23.3. The molecular weight excluding hydrogens is 358 g/mol. The summed E-state index contributed by atoms with van der Waals surface area (Å²) in [6.45, 7) is 1.92. The minimum absolute atomic E-state index is 0.0466. The van der Waals surface area contributed by atoms with E-state index in [0.29, 0.717) is 6.42 Å². The summed E-state index contributed by atoms with van der Waals surface area (Å²) < 4.78 is 83.1. The number of carboxylic acid groups (broad SMARTS) is 1. The van der Waals surface area contributed by atoms with E-state index >= 15 is 0 Å². The van der Waals surface area contributed by atoms with Gasteiger partial charge in [-0.1, -0.05) is 39.0 Å². The number of unbranched alkanes of at least 4 members (excludes halogenated alkanes) is 5. The summed E-state index contributed by atoms with van der Waals surface area (Å²) in [6.07, 6.45) is -4.94. The van der Waals surface area contributed by atoms with Gasteiger partial charge in [-0.3, -0.25) is 0 Å². The molecule has 0 aromatic carbocycles. The van der Waals surface area contributed by atoms with Gasteiger partial charge in [-0.05, 0) is 6.42 Å². The highest BCUT2D eigenvalue weighted by molar-refractivity contribution is 5.90. The van der Waals surface area contributed by atoms with E-state index in [-0.39, 0.29) is 25.0 Å². The van der Waals surface area contributed by atoms with Crippen molar-refractivity contribution in [2.75, 3.05) is 0 Å². The second kappa shape index (κ2) is 9.67. The zero-order valence-electron chi connectivity index (χ0n) is 13.5. The lowest BCUT2D eigenvalue weighted by atomic mass is 10.0. The second-order valence-electron chi connectivity index (χ2n) is 5.41. The molecule has 0 aromatic rings. The van der Waals surface area contributed by atoms with Crippen molar-refractivity contribution in [3.8, 4) is 0 Å². The molecular formula is C15H20F6O4. The summed E-state index contributed by atoms with van der Waals surface area (Å²) >= 11 is 0. The first-order valence-electron chi connectivity index (χ1n) is 7.65. The fourth-order valence-electron chi connectivity index (χ4n) is 1.94. The maximum absolute atomic E-state index is 14.0. The molecule has 0 aromatic heterocycles. The molecule has 1 atom stereocenters. The monoisotopic (exact) mass is 378 g/mol. The Morgan fingerprint density at radius 2 is 1.44 bits per heavy atom. The zero-order valence-corrected chi connectivity index (χ0v) is 13.5. The third-order valence-corrected chi connectivity index (χ3v) is 3.28. The summed E-state index contributed by atoms with van der Waals surface area (Å²) in [5, 5.41) is 8.23. The van der Waals surface area contributed by atoms with Gasteiger partial charge in [0.2, 0.25) is 0 Å². The van der Waals surface area contributed by atoms with Crippen molar-refractivity contribution in [3.05, 3.63) is 12.2 Å². The average molecular weight is 378 g/mol. The molecule has 0 saturated carbocycles. The smallest absolute Gasteiger partial charge is 0.467 e. The number of carbonyl (C=O) groups excluding carboxylic acids is 1. The minimum atomic E-state index is -6.19. The Labute approximate surface area is 140 Å². The van der Waals surface area contributed by atoms with Crippen molar-refractivity contribution in [1.29, 1.82) is 0 Å². The third-order valence-electron chi connectivity index (χ3n) is 3.28. The molecule has 0 bridgehead atoms. The molecule has 0 radical (unpaired) electrons. The second-order valence-corrected chi connectivity index (χ2v) is 5.41. The number of halogens is 6. The van der Waals surface area contributed by atoms with Gasteiger partial charge in [0.25, 0.3) is 0 Å². The van der Waals surface area contributed by atoms with Gasteiger partial charge in [-0.15, -0.1) is 0 Å². The lowest BCUT2D eigenvalue weighted by Gasteiger charge is -2.33. The van der Waals surface area contributed by atoms with E-state index in [4.69, 9.17) is 5.11 Å². The van der Waals surface area contributed by atoms with Gasteiger partial charge in [0.05, 0.1) is 0 Å². The molecule has 1 unspecified atom stereocenters. The highest BCUT2D eigenvalue weighted by atomic mass is 19.4. The molecule has 0 fully saturated rings. The van der Waals surface area contributed by atoms with Crippen LogP contribution in [0, 0.1) is 0 Å². The molecule has 1 N–H and O–H groups in total. The van der Waals surface area contributed by atoms with Crippen LogP contribution in [0.1, 0.15) is 51.9 Å². The van der Waals surface area contributed by atoms with E-state index in [0.717, 1.165) is 19.3 Å². The van der Waals surface area contributed by atoms with Crippen LogP contribution >= 0.6 is 0 Å². The molecule has 0 heterocycles. The van der Waals surface area contributed by atoms with Crippen LogP contribution in [0.3, 0.4) is 0 Å². The number of aliphatic carboxylic acids is 1. The average Bonchev–Trinajstić information content (AvgIpc) is 2.47. The first-order chi connectivity index (χ1) is 11.4. The predicted octanol–water partition coefficient (Wildman–Crippen LogP) is 4.78. The van der Waals surface area contributed by atoms with Crippen LogP contribution in [0.4, 0.5) is 26.3 Å². The SMILES string of the molecule is CCCCCCCCC(F)(F)C(F)(OC(=O)C=CC(=O)O)C(F)(F)F. The van der Waals surface area contributed by atoms with Crippen molar-refractivity contribution in [3.63, 3.8) is 0 Å². The van der Waals surface area contributed by atoms with Crippen LogP contribution in [0.2, 0.25) is 0 Å². The largest absolute Gasteiger partial charge is 0.478 e. The molecule has 0 aliphatic carbocycles. The number of alkyl halides is 6. The third kappa shape index (κ3) is 7.35. The van der Waals surface area contributed by atoms with Gasteiger partial charge in [0, 0.05) is 18.6 Å². The standard InChI is InChI=1S/C15H20F6O4/c1-2-3-4-5-6-7-10-13(16,17)14(18,15(19,20)21)25-12(24)9-8-11(22)23/h8-9H,2-7,10H2,1H3,(H,22,23). The van der Waals surface area contributed by atoms with E-state index in [1.807, 2.05) is 6.92 Å². The molecule has 0 rings (SSSR count). The maximum Gasteiger partial charge on any atom is 0.467 e. The number of esters is 1. The lowest BCUT2D eigenvalue weighted by molar-refractivity contribution is -0.386. The van der Waals surface area contributed by atoms with E-state index in [9.17, 15) is 35.9 Å². The molecule has 0 amide bonds. The fraction of sp³-hybridized carbons (Fsp3) is 0.733. The fourth-order valence-corrected chi connectivity index (χ4v) is 1.94. The Morgan fingerprint density at radius 1 is 0.920 bits per heavy atom. The number of hydrogen-bond acceptors (Lipinski definition) is 3. The molecule has 25 heavy (non-hydrogen) atoms. The maximum atomic E-state index is 14.0. The van der Waals surface area contributed by atoms with E-state index < -0.39 is 36.3 Å². The van der Waals surface area contributed by atoms with Crippen molar-refractivity contribution < 1.29 is 45.8 Å². The number of rotatable bonds is 11. The lowest BCUT2D eigenvalue weighted by Crippen LogP contribution is -2.58. The van der Waals surface area contributed by atoms with Crippen LogP contribution in [-0.4, -0.2) is 35.0 Å². The summed E-state index contributed by atoms with van der Waals surface area (Å²) in [5.41, 5.74) is 0. The molecule has 4 nitrogen and oxygen atoms in total. The van der Waals surface area contributed by atoms with Gasteiger partial charge in [-0.2, -0.15) is 26.3 Å².